The maximum Gasteiger partial charge on any atom is 0.251 e. The summed E-state index contributed by atoms with van der Waals surface area (Å²) in [7, 11) is 0. The predicted octanol–water partition coefficient (Wildman–Crippen LogP) is 3.97. The van der Waals surface area contributed by atoms with E-state index in [9.17, 15) is 9.90 Å². The molecule has 1 aliphatic rings. The minimum absolute atomic E-state index is 0.0152. The van der Waals surface area contributed by atoms with Crippen molar-refractivity contribution in [1.82, 2.24) is 10.3 Å². The SMILES string of the molecule is Cc1cccnc1[C@@H](NC(=O)c1ccc(CCC(C)(C)O)cc1)C1CC1. The van der Waals surface area contributed by atoms with E-state index < -0.39 is 5.60 Å². The number of aliphatic hydroxyl groups is 1. The number of carbonyl (C=O) groups excluding carboxylic acids is 1. The van der Waals surface area contributed by atoms with Gasteiger partial charge in [0, 0.05) is 11.8 Å². The van der Waals surface area contributed by atoms with E-state index in [1.165, 1.54) is 0 Å². The van der Waals surface area contributed by atoms with Gasteiger partial charge in [0.05, 0.1) is 17.3 Å². The number of hydrogen-bond acceptors (Lipinski definition) is 3. The first-order chi connectivity index (χ1) is 12.3. The molecule has 138 valence electrons. The fourth-order valence-corrected chi connectivity index (χ4v) is 3.16. The standard InChI is InChI=1S/C22H28N2O2/c1-15-5-4-14-23-19(15)20(17-10-11-17)24-21(25)18-8-6-16(7-9-18)12-13-22(2,3)26/h4-9,14,17,20,26H,10-13H2,1-3H3,(H,24,25)/t20-/m0/s1. The summed E-state index contributed by atoms with van der Waals surface area (Å²) in [5.41, 5.74) is 3.21. The number of carbonyl (C=O) groups is 1. The molecule has 0 unspecified atom stereocenters. The third kappa shape index (κ3) is 4.92. The molecular weight excluding hydrogens is 324 g/mol. The molecule has 0 saturated heterocycles. The van der Waals surface area contributed by atoms with Crippen LogP contribution in [0.5, 0.6) is 0 Å². The third-order valence-corrected chi connectivity index (χ3v) is 4.97. The van der Waals surface area contributed by atoms with Crippen LogP contribution in [-0.2, 0) is 6.42 Å². The van der Waals surface area contributed by atoms with Gasteiger partial charge in [-0.25, -0.2) is 0 Å². The molecule has 1 amide bonds. The fourth-order valence-electron chi connectivity index (χ4n) is 3.16. The van der Waals surface area contributed by atoms with Crippen LogP contribution in [0.3, 0.4) is 0 Å². The fraction of sp³-hybridized carbons (Fsp3) is 0.455. The first kappa shape index (κ1) is 18.6. The molecule has 26 heavy (non-hydrogen) atoms. The molecule has 1 atom stereocenters. The number of aryl methyl sites for hydroxylation is 2. The smallest absolute Gasteiger partial charge is 0.251 e. The molecule has 0 radical (unpaired) electrons. The van der Waals surface area contributed by atoms with Crippen molar-refractivity contribution in [2.24, 2.45) is 5.92 Å². The van der Waals surface area contributed by atoms with Crippen molar-refractivity contribution < 1.29 is 9.90 Å². The summed E-state index contributed by atoms with van der Waals surface area (Å²) < 4.78 is 0. The molecule has 4 heteroatoms. The monoisotopic (exact) mass is 352 g/mol. The molecule has 1 fully saturated rings. The zero-order chi connectivity index (χ0) is 18.7. The number of rotatable bonds is 7. The Kier molecular flexibility index (Phi) is 5.42. The van der Waals surface area contributed by atoms with E-state index >= 15 is 0 Å². The van der Waals surface area contributed by atoms with Crippen molar-refractivity contribution in [3.8, 4) is 0 Å². The van der Waals surface area contributed by atoms with Crippen molar-refractivity contribution in [2.45, 2.75) is 58.1 Å². The Morgan fingerprint density at radius 3 is 2.54 bits per heavy atom. The van der Waals surface area contributed by atoms with E-state index in [0.29, 0.717) is 17.9 Å². The summed E-state index contributed by atoms with van der Waals surface area (Å²) in [6, 6.07) is 11.6. The van der Waals surface area contributed by atoms with Gasteiger partial charge < -0.3 is 10.4 Å². The number of nitrogens with zero attached hydrogens (tertiary/aromatic N) is 1. The first-order valence-corrected chi connectivity index (χ1v) is 9.37. The zero-order valence-electron chi connectivity index (χ0n) is 15.8. The molecule has 0 spiro atoms. The molecule has 3 rings (SSSR count). The van der Waals surface area contributed by atoms with Crippen molar-refractivity contribution >= 4 is 5.91 Å². The summed E-state index contributed by atoms with van der Waals surface area (Å²) in [5.74, 6) is 0.430. The Hall–Kier alpha value is -2.20. The van der Waals surface area contributed by atoms with Crippen LogP contribution in [-0.4, -0.2) is 21.6 Å². The van der Waals surface area contributed by atoms with Crippen LogP contribution in [0.15, 0.2) is 42.6 Å². The number of nitrogens with one attached hydrogen (secondary N) is 1. The average Bonchev–Trinajstić information content (AvgIpc) is 3.43. The van der Waals surface area contributed by atoms with E-state index in [-0.39, 0.29) is 11.9 Å². The lowest BCUT2D eigenvalue weighted by molar-refractivity contribution is 0.0713. The second kappa shape index (κ2) is 7.58. The van der Waals surface area contributed by atoms with Gasteiger partial charge in [-0.1, -0.05) is 18.2 Å². The Labute approximate surface area is 155 Å². The van der Waals surface area contributed by atoms with Gasteiger partial charge in [-0.15, -0.1) is 0 Å². The number of hydrogen-bond donors (Lipinski definition) is 2. The number of amides is 1. The van der Waals surface area contributed by atoms with Crippen LogP contribution in [0, 0.1) is 12.8 Å². The molecule has 0 aliphatic heterocycles. The Bertz CT molecular complexity index is 758. The summed E-state index contributed by atoms with van der Waals surface area (Å²) in [6.07, 6.45) is 5.56. The first-order valence-electron chi connectivity index (χ1n) is 9.37. The molecule has 1 aromatic heterocycles. The molecule has 1 heterocycles. The maximum atomic E-state index is 12.7. The van der Waals surface area contributed by atoms with Crippen molar-refractivity contribution in [2.75, 3.05) is 0 Å². The lowest BCUT2D eigenvalue weighted by Crippen LogP contribution is -2.31. The summed E-state index contributed by atoms with van der Waals surface area (Å²) in [6.45, 7) is 5.67. The number of pyridine rings is 1. The highest BCUT2D eigenvalue weighted by molar-refractivity contribution is 5.94. The average molecular weight is 352 g/mol. The predicted molar refractivity (Wildman–Crippen MR) is 103 cm³/mol. The van der Waals surface area contributed by atoms with Crippen molar-refractivity contribution in [1.29, 1.82) is 0 Å². The second-order valence-electron chi connectivity index (χ2n) is 8.00. The largest absolute Gasteiger partial charge is 0.390 e. The van der Waals surface area contributed by atoms with Gasteiger partial charge in [0.1, 0.15) is 0 Å². The van der Waals surface area contributed by atoms with Crippen LogP contribution >= 0.6 is 0 Å². The Morgan fingerprint density at radius 2 is 1.96 bits per heavy atom. The van der Waals surface area contributed by atoms with E-state index in [1.807, 2.05) is 57.2 Å². The lowest BCUT2D eigenvalue weighted by Gasteiger charge is -2.20. The second-order valence-corrected chi connectivity index (χ2v) is 8.00. The van der Waals surface area contributed by atoms with Crippen molar-refractivity contribution in [3.05, 3.63) is 65.0 Å². The lowest BCUT2D eigenvalue weighted by atomic mass is 9.98. The number of aromatic nitrogens is 1. The Balaban J connectivity index is 1.67. The van der Waals surface area contributed by atoms with Gasteiger partial charge in [-0.2, -0.15) is 0 Å². The molecule has 4 nitrogen and oxygen atoms in total. The Morgan fingerprint density at radius 1 is 1.27 bits per heavy atom. The highest BCUT2D eigenvalue weighted by Crippen LogP contribution is 2.41. The molecule has 1 aromatic carbocycles. The van der Waals surface area contributed by atoms with Crippen LogP contribution < -0.4 is 5.32 Å². The van der Waals surface area contributed by atoms with Gasteiger partial charge in [0.2, 0.25) is 0 Å². The van der Waals surface area contributed by atoms with E-state index in [0.717, 1.165) is 36.1 Å². The zero-order valence-corrected chi connectivity index (χ0v) is 15.8. The van der Waals surface area contributed by atoms with E-state index in [1.54, 1.807) is 6.20 Å². The molecule has 1 saturated carbocycles. The van der Waals surface area contributed by atoms with Gasteiger partial charge in [0.15, 0.2) is 0 Å². The quantitative estimate of drug-likeness (QED) is 0.792. The summed E-state index contributed by atoms with van der Waals surface area (Å²) in [4.78, 5) is 17.2. The normalized spacial score (nSPS) is 15.5. The third-order valence-electron chi connectivity index (χ3n) is 4.97. The molecule has 2 N–H and O–H groups in total. The van der Waals surface area contributed by atoms with E-state index in [4.69, 9.17) is 0 Å². The van der Waals surface area contributed by atoms with Crippen LogP contribution in [0.4, 0.5) is 0 Å². The molecular formula is C22H28N2O2. The van der Waals surface area contributed by atoms with Gasteiger partial charge in [-0.3, -0.25) is 9.78 Å². The topological polar surface area (TPSA) is 62.2 Å². The minimum atomic E-state index is -0.673. The molecule has 1 aliphatic carbocycles. The number of benzene rings is 1. The molecule has 0 bridgehead atoms. The highest BCUT2D eigenvalue weighted by Gasteiger charge is 2.35. The van der Waals surface area contributed by atoms with Crippen molar-refractivity contribution in [3.63, 3.8) is 0 Å². The molecule has 2 aromatic rings. The maximum absolute atomic E-state index is 12.7. The highest BCUT2D eigenvalue weighted by atomic mass is 16.3. The van der Waals surface area contributed by atoms with E-state index in [2.05, 4.69) is 10.3 Å². The van der Waals surface area contributed by atoms with Crippen LogP contribution in [0.1, 0.15) is 66.3 Å². The minimum Gasteiger partial charge on any atom is -0.390 e. The van der Waals surface area contributed by atoms with Gasteiger partial charge >= 0.3 is 0 Å². The van der Waals surface area contributed by atoms with Crippen LogP contribution in [0.2, 0.25) is 0 Å². The van der Waals surface area contributed by atoms with Crippen LogP contribution in [0.25, 0.3) is 0 Å². The summed E-state index contributed by atoms with van der Waals surface area (Å²) in [5, 5.41) is 13.0. The van der Waals surface area contributed by atoms with Gasteiger partial charge in [0.25, 0.3) is 5.91 Å². The summed E-state index contributed by atoms with van der Waals surface area (Å²) >= 11 is 0. The van der Waals surface area contributed by atoms with Gasteiger partial charge in [-0.05, 0) is 81.7 Å².